The molecule has 0 saturated heterocycles. The molecule has 6 nitrogen and oxygen atoms in total. The molecule has 6 heteroatoms. The predicted octanol–water partition coefficient (Wildman–Crippen LogP) is 3.49. The van der Waals surface area contributed by atoms with Crippen molar-refractivity contribution in [2.24, 2.45) is 5.73 Å². The summed E-state index contributed by atoms with van der Waals surface area (Å²) >= 11 is 0. The van der Waals surface area contributed by atoms with Gasteiger partial charge in [-0.25, -0.2) is 0 Å². The molecule has 0 unspecified atom stereocenters. The fourth-order valence-electron chi connectivity index (χ4n) is 2.64. The molecule has 2 amide bonds. The van der Waals surface area contributed by atoms with Gasteiger partial charge in [0.1, 0.15) is 12.4 Å². The number of para-hydroxylation sites is 1. The normalized spacial score (nSPS) is 9.96. The number of hydrogen-bond donors (Lipinski definition) is 2. The van der Waals surface area contributed by atoms with Crippen molar-refractivity contribution >= 4 is 17.5 Å². The maximum Gasteiger partial charge on any atom is 0.255 e. The fourth-order valence-corrected chi connectivity index (χ4v) is 2.64. The van der Waals surface area contributed by atoms with Crippen molar-refractivity contribution in [3.8, 4) is 11.8 Å². The van der Waals surface area contributed by atoms with Gasteiger partial charge in [0.2, 0.25) is 0 Å². The van der Waals surface area contributed by atoms with Gasteiger partial charge in [0.05, 0.1) is 22.9 Å². The van der Waals surface area contributed by atoms with Gasteiger partial charge in [-0.2, -0.15) is 5.26 Å². The lowest BCUT2D eigenvalue weighted by molar-refractivity contribution is 0.100. The van der Waals surface area contributed by atoms with Crippen molar-refractivity contribution in [3.63, 3.8) is 0 Å². The molecule has 3 aromatic rings. The molecule has 0 atom stereocenters. The van der Waals surface area contributed by atoms with Crippen molar-refractivity contribution in [2.45, 2.75) is 6.61 Å². The van der Waals surface area contributed by atoms with E-state index in [9.17, 15) is 9.59 Å². The van der Waals surface area contributed by atoms with E-state index < -0.39 is 11.8 Å². The van der Waals surface area contributed by atoms with Gasteiger partial charge < -0.3 is 15.8 Å². The number of carbonyl (C=O) groups is 2. The van der Waals surface area contributed by atoms with Crippen molar-refractivity contribution < 1.29 is 14.3 Å². The van der Waals surface area contributed by atoms with Crippen LogP contribution in [-0.4, -0.2) is 11.8 Å². The molecule has 0 bridgehead atoms. The number of nitrogens with zero attached hydrogens (tertiary/aromatic N) is 1. The van der Waals surface area contributed by atoms with Crippen LogP contribution in [0, 0.1) is 11.3 Å². The summed E-state index contributed by atoms with van der Waals surface area (Å²) in [6.07, 6.45) is 0. The lowest BCUT2D eigenvalue weighted by Gasteiger charge is -2.11. The summed E-state index contributed by atoms with van der Waals surface area (Å²) in [5, 5.41) is 11.8. The topological polar surface area (TPSA) is 105 Å². The maximum absolute atomic E-state index is 12.6. The number of primary amides is 1. The maximum atomic E-state index is 12.6. The second kappa shape index (κ2) is 8.52. The molecular weight excluding hydrogens is 354 g/mol. The lowest BCUT2D eigenvalue weighted by atomic mass is 10.1. The van der Waals surface area contributed by atoms with E-state index >= 15 is 0 Å². The standard InChI is InChI=1S/C22H17N3O3/c23-13-16-6-1-2-7-17(16)14-28-18-9-5-8-15(12-18)22(27)25-20-11-4-3-10-19(20)21(24)26/h1-12H,14H2,(H2,24,26)(H,25,27). The molecule has 0 radical (unpaired) electrons. The zero-order valence-corrected chi connectivity index (χ0v) is 14.9. The summed E-state index contributed by atoms with van der Waals surface area (Å²) in [6, 6.07) is 22.5. The Balaban J connectivity index is 1.74. The highest BCUT2D eigenvalue weighted by atomic mass is 16.5. The van der Waals surface area contributed by atoms with E-state index in [2.05, 4.69) is 11.4 Å². The van der Waals surface area contributed by atoms with Crippen LogP contribution in [0.1, 0.15) is 31.8 Å². The molecule has 0 aliphatic rings. The summed E-state index contributed by atoms with van der Waals surface area (Å²) < 4.78 is 5.73. The molecular formula is C22H17N3O3. The van der Waals surface area contributed by atoms with Crippen LogP contribution < -0.4 is 15.8 Å². The van der Waals surface area contributed by atoms with Gasteiger partial charge >= 0.3 is 0 Å². The Kier molecular flexibility index (Phi) is 5.68. The third kappa shape index (κ3) is 4.34. The molecule has 3 N–H and O–H groups in total. The van der Waals surface area contributed by atoms with Crippen LogP contribution >= 0.6 is 0 Å². The van der Waals surface area contributed by atoms with Crippen LogP contribution in [0.25, 0.3) is 0 Å². The van der Waals surface area contributed by atoms with Crippen molar-refractivity contribution in [3.05, 3.63) is 95.1 Å². The molecule has 0 aliphatic carbocycles. The van der Waals surface area contributed by atoms with E-state index in [0.717, 1.165) is 5.56 Å². The molecule has 3 rings (SSSR count). The number of nitriles is 1. The summed E-state index contributed by atoms with van der Waals surface area (Å²) in [5.74, 6) is -0.524. The van der Waals surface area contributed by atoms with Gasteiger partial charge in [-0.15, -0.1) is 0 Å². The zero-order valence-electron chi connectivity index (χ0n) is 14.9. The molecule has 28 heavy (non-hydrogen) atoms. The summed E-state index contributed by atoms with van der Waals surface area (Å²) in [6.45, 7) is 0.208. The Labute approximate surface area is 162 Å². The van der Waals surface area contributed by atoms with Crippen LogP contribution in [0.5, 0.6) is 5.75 Å². The monoisotopic (exact) mass is 371 g/mol. The number of anilines is 1. The van der Waals surface area contributed by atoms with Crippen LogP contribution in [0.4, 0.5) is 5.69 Å². The number of nitrogens with one attached hydrogen (secondary N) is 1. The average Bonchev–Trinajstić information content (AvgIpc) is 2.73. The second-order valence-electron chi connectivity index (χ2n) is 5.95. The van der Waals surface area contributed by atoms with Crippen LogP contribution in [0.15, 0.2) is 72.8 Å². The van der Waals surface area contributed by atoms with Gasteiger partial charge in [-0.3, -0.25) is 9.59 Å². The number of ether oxygens (including phenoxy) is 1. The third-order valence-corrected chi connectivity index (χ3v) is 4.07. The summed E-state index contributed by atoms with van der Waals surface area (Å²) in [4.78, 5) is 24.0. The third-order valence-electron chi connectivity index (χ3n) is 4.07. The van der Waals surface area contributed by atoms with E-state index in [4.69, 9.17) is 15.7 Å². The molecule has 0 spiro atoms. The minimum absolute atomic E-state index is 0.208. The molecule has 0 fully saturated rings. The van der Waals surface area contributed by atoms with Crippen molar-refractivity contribution in [1.29, 1.82) is 5.26 Å². The minimum Gasteiger partial charge on any atom is -0.489 e. The highest BCUT2D eigenvalue weighted by molar-refractivity contribution is 6.08. The Morgan fingerprint density at radius 1 is 1.00 bits per heavy atom. The Hall–Kier alpha value is -4.11. The van der Waals surface area contributed by atoms with Crippen LogP contribution in [-0.2, 0) is 6.61 Å². The first-order chi connectivity index (χ1) is 13.6. The van der Waals surface area contributed by atoms with E-state index in [-0.39, 0.29) is 12.2 Å². The zero-order chi connectivity index (χ0) is 19.9. The van der Waals surface area contributed by atoms with Gasteiger partial charge in [0.25, 0.3) is 11.8 Å². The first kappa shape index (κ1) is 18.7. The van der Waals surface area contributed by atoms with Crippen LogP contribution in [0.2, 0.25) is 0 Å². The molecule has 138 valence electrons. The van der Waals surface area contributed by atoms with Crippen molar-refractivity contribution in [2.75, 3.05) is 5.32 Å². The second-order valence-corrected chi connectivity index (χ2v) is 5.95. The fraction of sp³-hybridized carbons (Fsp3) is 0.0455. The van der Waals surface area contributed by atoms with Gasteiger partial charge in [-0.05, 0) is 36.4 Å². The van der Waals surface area contributed by atoms with Gasteiger partial charge in [-0.1, -0.05) is 36.4 Å². The number of benzene rings is 3. The van der Waals surface area contributed by atoms with Crippen LogP contribution in [0.3, 0.4) is 0 Å². The Bertz CT molecular complexity index is 1070. The molecule has 0 aromatic heterocycles. The number of nitrogens with two attached hydrogens (primary N) is 1. The quantitative estimate of drug-likeness (QED) is 0.692. The largest absolute Gasteiger partial charge is 0.489 e. The lowest BCUT2D eigenvalue weighted by Crippen LogP contribution is -2.18. The molecule has 0 saturated carbocycles. The molecule has 3 aromatic carbocycles. The van der Waals surface area contributed by atoms with E-state index in [1.807, 2.05) is 12.1 Å². The number of amides is 2. The number of hydrogen-bond acceptors (Lipinski definition) is 4. The SMILES string of the molecule is N#Cc1ccccc1COc1cccc(C(=O)Nc2ccccc2C(N)=O)c1. The highest BCUT2D eigenvalue weighted by Crippen LogP contribution is 2.19. The number of carbonyl (C=O) groups excluding carboxylic acids is 2. The summed E-state index contributed by atoms with van der Waals surface area (Å²) in [7, 11) is 0. The molecule has 0 aliphatic heterocycles. The average molecular weight is 371 g/mol. The molecule has 0 heterocycles. The first-order valence-corrected chi connectivity index (χ1v) is 8.49. The van der Waals surface area contributed by atoms with Crippen molar-refractivity contribution in [1.82, 2.24) is 0 Å². The predicted molar refractivity (Wildman–Crippen MR) is 105 cm³/mol. The smallest absolute Gasteiger partial charge is 0.255 e. The Morgan fingerprint density at radius 3 is 2.54 bits per heavy atom. The Morgan fingerprint density at radius 2 is 1.75 bits per heavy atom. The minimum atomic E-state index is -0.621. The highest BCUT2D eigenvalue weighted by Gasteiger charge is 2.12. The summed E-state index contributed by atoms with van der Waals surface area (Å²) in [5.41, 5.74) is 7.58. The van der Waals surface area contributed by atoms with E-state index in [0.29, 0.717) is 22.6 Å². The van der Waals surface area contributed by atoms with E-state index in [1.54, 1.807) is 60.7 Å². The van der Waals surface area contributed by atoms with Gasteiger partial charge in [0, 0.05) is 11.1 Å². The number of rotatable bonds is 6. The first-order valence-electron chi connectivity index (χ1n) is 8.49. The van der Waals surface area contributed by atoms with Gasteiger partial charge in [0.15, 0.2) is 0 Å². The van der Waals surface area contributed by atoms with E-state index in [1.165, 1.54) is 0 Å².